The van der Waals surface area contributed by atoms with E-state index in [4.69, 9.17) is 10.5 Å². The molecule has 0 unspecified atom stereocenters. The largest absolute Gasteiger partial charge is 0.466 e. The summed E-state index contributed by atoms with van der Waals surface area (Å²) in [7, 11) is 0. The van der Waals surface area contributed by atoms with Crippen LogP contribution in [-0.4, -0.2) is 11.4 Å². The molecule has 0 aliphatic heterocycles. The van der Waals surface area contributed by atoms with E-state index in [-0.39, 0.29) is 0 Å². The second-order valence-corrected chi connectivity index (χ2v) is 2.53. The van der Waals surface area contributed by atoms with Gasteiger partial charge < -0.3 is 5.73 Å². The van der Waals surface area contributed by atoms with Gasteiger partial charge >= 0.3 is 11.4 Å². The Bertz CT molecular complexity index is 286. The van der Waals surface area contributed by atoms with Gasteiger partial charge in [0.15, 0.2) is 0 Å². The summed E-state index contributed by atoms with van der Waals surface area (Å²) in [4.78, 5) is 9.11. The number of halogens is 4. The molecule has 0 saturated heterocycles. The van der Waals surface area contributed by atoms with Crippen molar-refractivity contribution in [1.29, 1.82) is 0 Å². The van der Waals surface area contributed by atoms with Gasteiger partial charge in [-0.25, -0.2) is 0 Å². The molecule has 0 amide bonds. The lowest BCUT2D eigenvalue weighted by Crippen LogP contribution is -2.15. The smallest absolute Gasteiger partial charge is 0.399 e. The molecule has 0 aromatic heterocycles. The molecule has 1 aromatic rings. The van der Waals surface area contributed by atoms with Crippen molar-refractivity contribution < 1.29 is 18.0 Å². The predicted octanol–water partition coefficient (Wildman–Crippen LogP) is 2.58. The molecule has 0 saturated carbocycles. The first kappa shape index (κ1) is 12.8. The average Bonchev–Trinajstić information content (AvgIpc) is 2.04. The molecule has 0 bridgehead atoms. The van der Waals surface area contributed by atoms with E-state index in [1.807, 2.05) is 30.3 Å². The number of carbonyl (C=O) groups is 1. The minimum atomic E-state index is -4.87. The minimum absolute atomic E-state index is 0.822. The van der Waals surface area contributed by atoms with Gasteiger partial charge in [0.2, 0.25) is 0 Å². The average molecular weight is 226 g/mol. The molecule has 1 rings (SSSR count). The molecule has 0 aliphatic carbocycles. The van der Waals surface area contributed by atoms with Gasteiger partial charge in [0.1, 0.15) is 0 Å². The summed E-state index contributed by atoms with van der Waals surface area (Å²) in [6.45, 7) is 0. The van der Waals surface area contributed by atoms with E-state index in [9.17, 15) is 13.2 Å². The third-order valence-electron chi connectivity index (χ3n) is 1.02. The maximum absolute atomic E-state index is 10.7. The van der Waals surface area contributed by atoms with Crippen molar-refractivity contribution in [2.75, 3.05) is 5.73 Å². The Morgan fingerprint density at radius 2 is 1.57 bits per heavy atom. The van der Waals surface area contributed by atoms with Crippen LogP contribution in [0.25, 0.3) is 0 Å². The third kappa shape index (κ3) is 6.30. The molecule has 0 atom stereocenters. The van der Waals surface area contributed by atoms with Crippen LogP contribution in [0, 0.1) is 0 Å². The summed E-state index contributed by atoms with van der Waals surface area (Å²) in [5.41, 5.74) is 6.18. The Hall–Kier alpha value is -1.23. The summed E-state index contributed by atoms with van der Waals surface area (Å²) in [6, 6.07) is 9.49. The molecule has 0 fully saturated rings. The van der Waals surface area contributed by atoms with Crippen LogP contribution in [0.15, 0.2) is 30.3 Å². The SMILES string of the molecule is Nc1ccccc1.O=C(Cl)C(F)(F)F. The molecule has 0 heterocycles. The van der Waals surface area contributed by atoms with Crippen molar-refractivity contribution in [2.45, 2.75) is 6.18 Å². The highest BCUT2D eigenvalue weighted by Crippen LogP contribution is 2.17. The standard InChI is InChI=1S/C6H7N.C2ClF3O/c7-6-4-2-1-3-5-6;3-1(7)2(4,5)6/h1-5H,7H2;. The highest BCUT2D eigenvalue weighted by atomic mass is 35.5. The van der Waals surface area contributed by atoms with Gasteiger partial charge in [-0.15, -0.1) is 0 Å². The molecule has 0 aliphatic rings. The van der Waals surface area contributed by atoms with Gasteiger partial charge in [-0.3, -0.25) is 4.79 Å². The van der Waals surface area contributed by atoms with Crippen LogP contribution in [-0.2, 0) is 4.79 Å². The highest BCUT2D eigenvalue weighted by molar-refractivity contribution is 6.64. The van der Waals surface area contributed by atoms with Crippen molar-refractivity contribution >= 4 is 22.5 Å². The number of benzene rings is 1. The second kappa shape index (κ2) is 5.49. The summed E-state index contributed by atoms with van der Waals surface area (Å²) in [6.07, 6.45) is -4.87. The molecular formula is C8H7ClF3NO. The number of rotatable bonds is 0. The summed E-state index contributed by atoms with van der Waals surface area (Å²) >= 11 is 3.99. The Labute approximate surface area is 83.5 Å². The molecule has 1 aromatic carbocycles. The minimum Gasteiger partial charge on any atom is -0.399 e. The third-order valence-corrected chi connectivity index (χ3v) is 1.24. The quantitative estimate of drug-likeness (QED) is 0.545. The molecule has 14 heavy (non-hydrogen) atoms. The van der Waals surface area contributed by atoms with Crippen molar-refractivity contribution in [2.24, 2.45) is 0 Å². The molecule has 78 valence electrons. The van der Waals surface area contributed by atoms with Crippen molar-refractivity contribution in [1.82, 2.24) is 0 Å². The number of hydrogen-bond donors (Lipinski definition) is 1. The van der Waals surface area contributed by atoms with Crippen molar-refractivity contribution in [3.05, 3.63) is 30.3 Å². The molecule has 6 heteroatoms. The maximum Gasteiger partial charge on any atom is 0.466 e. The van der Waals surface area contributed by atoms with Crippen molar-refractivity contribution in [3.8, 4) is 0 Å². The van der Waals surface area contributed by atoms with E-state index in [1.54, 1.807) is 0 Å². The number of nitrogens with two attached hydrogens (primary N) is 1. The first-order valence-electron chi connectivity index (χ1n) is 3.41. The van der Waals surface area contributed by atoms with Crippen LogP contribution >= 0.6 is 11.6 Å². The van der Waals surface area contributed by atoms with Gasteiger partial charge in [-0.05, 0) is 23.7 Å². The second-order valence-electron chi connectivity index (χ2n) is 2.18. The topological polar surface area (TPSA) is 43.1 Å². The summed E-state index contributed by atoms with van der Waals surface area (Å²) in [5.74, 6) is 0. The normalized spacial score (nSPS) is 10.0. The van der Waals surface area contributed by atoms with E-state index < -0.39 is 11.4 Å². The van der Waals surface area contributed by atoms with Crippen LogP contribution < -0.4 is 5.73 Å². The summed E-state index contributed by atoms with van der Waals surface area (Å²) < 4.78 is 32.1. The van der Waals surface area contributed by atoms with Gasteiger partial charge in [-0.2, -0.15) is 13.2 Å². The monoisotopic (exact) mass is 225 g/mol. The Morgan fingerprint density at radius 3 is 1.71 bits per heavy atom. The lowest BCUT2D eigenvalue weighted by molar-refractivity contribution is -0.161. The van der Waals surface area contributed by atoms with Crippen LogP contribution in [0.3, 0.4) is 0 Å². The van der Waals surface area contributed by atoms with Crippen LogP contribution in [0.4, 0.5) is 18.9 Å². The molecule has 0 spiro atoms. The zero-order valence-corrected chi connectivity index (χ0v) is 7.64. The predicted molar refractivity (Wildman–Crippen MR) is 47.8 cm³/mol. The summed E-state index contributed by atoms with van der Waals surface area (Å²) in [5, 5.41) is -2.28. The van der Waals surface area contributed by atoms with Crippen LogP contribution in [0.2, 0.25) is 0 Å². The van der Waals surface area contributed by atoms with Crippen molar-refractivity contribution in [3.63, 3.8) is 0 Å². The maximum atomic E-state index is 10.7. The van der Waals surface area contributed by atoms with Crippen LogP contribution in [0.1, 0.15) is 0 Å². The number of alkyl halides is 3. The lowest BCUT2D eigenvalue weighted by atomic mass is 10.3. The fourth-order valence-electron chi connectivity index (χ4n) is 0.453. The van der Waals surface area contributed by atoms with Gasteiger partial charge in [0.25, 0.3) is 0 Å². The zero-order valence-electron chi connectivity index (χ0n) is 6.88. The van der Waals surface area contributed by atoms with Gasteiger partial charge in [-0.1, -0.05) is 18.2 Å². The number of hydrogen-bond acceptors (Lipinski definition) is 2. The Kier molecular flexibility index (Phi) is 5.01. The highest BCUT2D eigenvalue weighted by Gasteiger charge is 2.36. The number of nitrogen functional groups attached to an aromatic ring is 1. The fraction of sp³-hybridized carbons (Fsp3) is 0.125. The number of para-hydroxylation sites is 1. The number of carbonyl (C=O) groups excluding carboxylic acids is 1. The lowest BCUT2D eigenvalue weighted by Gasteiger charge is -1.93. The van der Waals surface area contributed by atoms with E-state index in [1.165, 1.54) is 0 Å². The number of anilines is 1. The fourth-order valence-corrected chi connectivity index (χ4v) is 0.453. The van der Waals surface area contributed by atoms with E-state index in [0.29, 0.717) is 0 Å². The zero-order chi connectivity index (χ0) is 11.2. The molecular weight excluding hydrogens is 219 g/mol. The molecule has 2 nitrogen and oxygen atoms in total. The van der Waals surface area contributed by atoms with Crippen LogP contribution in [0.5, 0.6) is 0 Å². The van der Waals surface area contributed by atoms with Gasteiger partial charge in [0.05, 0.1) is 0 Å². The first-order chi connectivity index (χ1) is 6.34. The van der Waals surface area contributed by atoms with E-state index in [0.717, 1.165) is 5.69 Å². The molecule has 2 N–H and O–H groups in total. The Balaban J connectivity index is 0.000000241. The Morgan fingerprint density at radius 1 is 1.21 bits per heavy atom. The first-order valence-corrected chi connectivity index (χ1v) is 3.79. The van der Waals surface area contributed by atoms with E-state index >= 15 is 0 Å². The van der Waals surface area contributed by atoms with E-state index in [2.05, 4.69) is 11.6 Å². The van der Waals surface area contributed by atoms with Gasteiger partial charge in [0, 0.05) is 5.69 Å². The molecule has 0 radical (unpaired) electrons.